The normalized spacial score (nSPS) is 12.1. The highest BCUT2D eigenvalue weighted by Gasteiger charge is 2.45. The number of allylic oxidation sites excluding steroid dienone is 1. The van der Waals surface area contributed by atoms with Gasteiger partial charge in [0, 0.05) is 11.0 Å². The van der Waals surface area contributed by atoms with Crippen LogP contribution >= 0.6 is 0 Å². The van der Waals surface area contributed by atoms with Gasteiger partial charge >= 0.3 is 5.97 Å². The predicted octanol–water partition coefficient (Wildman–Crippen LogP) is 5.44. The van der Waals surface area contributed by atoms with Crippen LogP contribution in [0.3, 0.4) is 0 Å². The van der Waals surface area contributed by atoms with Crippen LogP contribution in [-0.4, -0.2) is 11.6 Å². The van der Waals surface area contributed by atoms with E-state index in [1.165, 1.54) is 5.57 Å². The van der Waals surface area contributed by atoms with E-state index >= 15 is 0 Å². The van der Waals surface area contributed by atoms with Gasteiger partial charge in [0.1, 0.15) is 5.60 Å². The van der Waals surface area contributed by atoms with Crippen molar-refractivity contribution in [2.24, 2.45) is 5.41 Å². The molecule has 0 aromatic heterocycles. The van der Waals surface area contributed by atoms with Crippen molar-refractivity contribution in [2.45, 2.75) is 79.2 Å². The fourth-order valence-electron chi connectivity index (χ4n) is 2.91. The minimum absolute atomic E-state index is 0.0651. The zero-order valence-corrected chi connectivity index (χ0v) is 14.3. The lowest BCUT2D eigenvalue weighted by Crippen LogP contribution is -2.46. The third-order valence-electron chi connectivity index (χ3n) is 4.52. The Morgan fingerprint density at radius 2 is 1.60 bits per heavy atom. The Hall–Kier alpha value is -1.05. The molecule has 0 aliphatic heterocycles. The maximum atomic E-state index is 11.9. The van der Waals surface area contributed by atoms with Gasteiger partial charge in [-0.25, -0.2) is 4.79 Å². The van der Waals surface area contributed by atoms with Crippen LogP contribution in [0.4, 0.5) is 0 Å². The predicted molar refractivity (Wildman–Crippen MR) is 86.7 cm³/mol. The van der Waals surface area contributed by atoms with E-state index in [9.17, 15) is 4.79 Å². The summed E-state index contributed by atoms with van der Waals surface area (Å²) in [5, 5.41) is 0. The van der Waals surface area contributed by atoms with E-state index in [0.717, 1.165) is 32.1 Å². The SMILES string of the molecule is C=C(CCC)CC(CC)(CC)C(C)(C)OC(=O)C(=C)C. The second kappa shape index (κ2) is 7.66. The molecule has 0 amide bonds. The zero-order chi connectivity index (χ0) is 16.0. The average Bonchev–Trinajstić information content (AvgIpc) is 2.35. The van der Waals surface area contributed by atoms with E-state index in [2.05, 4.69) is 33.9 Å². The number of carbonyl (C=O) groups is 1. The number of esters is 1. The molecule has 0 atom stereocenters. The largest absolute Gasteiger partial charge is 0.456 e. The van der Waals surface area contributed by atoms with Crippen LogP contribution in [0.1, 0.15) is 73.6 Å². The van der Waals surface area contributed by atoms with E-state index in [1.807, 2.05) is 13.8 Å². The molecule has 2 heteroatoms. The van der Waals surface area contributed by atoms with Gasteiger partial charge in [0.2, 0.25) is 0 Å². The minimum atomic E-state index is -0.525. The van der Waals surface area contributed by atoms with E-state index in [-0.39, 0.29) is 11.4 Å². The Bertz CT molecular complexity index is 360. The number of hydrogen-bond acceptors (Lipinski definition) is 2. The second-order valence-electron chi connectivity index (χ2n) is 6.34. The number of carbonyl (C=O) groups excluding carboxylic acids is 1. The molecule has 0 radical (unpaired) electrons. The molecule has 0 saturated heterocycles. The number of hydrogen-bond donors (Lipinski definition) is 0. The molecule has 0 aliphatic rings. The third-order valence-corrected chi connectivity index (χ3v) is 4.52. The molecule has 0 N–H and O–H groups in total. The Kier molecular flexibility index (Phi) is 7.26. The van der Waals surface area contributed by atoms with Crippen LogP contribution < -0.4 is 0 Å². The first-order chi connectivity index (χ1) is 9.15. The van der Waals surface area contributed by atoms with Gasteiger partial charge in [0.05, 0.1) is 0 Å². The molecular weight excluding hydrogens is 248 g/mol. The monoisotopic (exact) mass is 280 g/mol. The van der Waals surface area contributed by atoms with Crippen LogP contribution in [0.25, 0.3) is 0 Å². The van der Waals surface area contributed by atoms with Crippen molar-refractivity contribution in [3.8, 4) is 0 Å². The summed E-state index contributed by atoms with van der Waals surface area (Å²) in [5.74, 6) is -0.303. The maximum Gasteiger partial charge on any atom is 0.333 e. The Morgan fingerprint density at radius 3 is 1.95 bits per heavy atom. The topological polar surface area (TPSA) is 26.3 Å². The van der Waals surface area contributed by atoms with Crippen molar-refractivity contribution >= 4 is 5.97 Å². The summed E-state index contributed by atoms with van der Waals surface area (Å²) in [6.45, 7) is 20.1. The molecule has 0 fully saturated rings. The minimum Gasteiger partial charge on any atom is -0.456 e. The molecule has 0 saturated carbocycles. The molecule has 0 spiro atoms. The Labute approximate surface area is 125 Å². The lowest BCUT2D eigenvalue weighted by atomic mass is 9.65. The van der Waals surface area contributed by atoms with Gasteiger partial charge in [-0.3, -0.25) is 0 Å². The molecule has 0 aromatic rings. The zero-order valence-electron chi connectivity index (χ0n) is 14.3. The first-order valence-electron chi connectivity index (χ1n) is 7.71. The molecular formula is C18H32O2. The quantitative estimate of drug-likeness (QED) is 0.319. The standard InChI is InChI=1S/C18H32O2/c1-9-12-15(6)13-18(10-2,11-3)17(7,8)20-16(19)14(4)5/h4,6,9-13H2,1-3,5,7-8H3. The summed E-state index contributed by atoms with van der Waals surface area (Å²) < 4.78 is 5.75. The molecule has 0 rings (SSSR count). The van der Waals surface area contributed by atoms with Gasteiger partial charge in [0.15, 0.2) is 0 Å². The molecule has 116 valence electrons. The molecule has 20 heavy (non-hydrogen) atoms. The average molecular weight is 280 g/mol. The first-order valence-corrected chi connectivity index (χ1v) is 7.71. The van der Waals surface area contributed by atoms with Gasteiger partial charge in [0.25, 0.3) is 0 Å². The van der Waals surface area contributed by atoms with Gasteiger partial charge in [-0.1, -0.05) is 45.9 Å². The van der Waals surface area contributed by atoms with E-state index in [1.54, 1.807) is 6.92 Å². The lowest BCUT2D eigenvalue weighted by molar-refractivity contribution is -0.167. The van der Waals surface area contributed by atoms with Crippen molar-refractivity contribution < 1.29 is 9.53 Å². The third kappa shape index (κ3) is 4.50. The maximum absolute atomic E-state index is 11.9. The fraction of sp³-hybridized carbons (Fsp3) is 0.722. The smallest absolute Gasteiger partial charge is 0.333 e. The highest BCUT2D eigenvalue weighted by molar-refractivity contribution is 5.87. The summed E-state index contributed by atoms with van der Waals surface area (Å²) in [7, 11) is 0. The van der Waals surface area contributed by atoms with Crippen LogP contribution in [0.5, 0.6) is 0 Å². The molecule has 0 aliphatic carbocycles. The van der Waals surface area contributed by atoms with Crippen molar-refractivity contribution in [2.75, 3.05) is 0 Å². The fourth-order valence-corrected chi connectivity index (χ4v) is 2.91. The summed E-state index contributed by atoms with van der Waals surface area (Å²) in [6.07, 6.45) is 4.97. The van der Waals surface area contributed by atoms with E-state index < -0.39 is 5.60 Å². The molecule has 2 nitrogen and oxygen atoms in total. The Balaban J connectivity index is 5.25. The lowest BCUT2D eigenvalue weighted by Gasteiger charge is -2.46. The van der Waals surface area contributed by atoms with Crippen molar-refractivity contribution in [1.82, 2.24) is 0 Å². The van der Waals surface area contributed by atoms with Gasteiger partial charge < -0.3 is 4.74 Å². The molecule has 0 heterocycles. The first kappa shape index (κ1) is 18.9. The molecule has 0 unspecified atom stereocenters. The van der Waals surface area contributed by atoms with Gasteiger partial charge in [-0.05, 0) is 46.5 Å². The summed E-state index contributed by atoms with van der Waals surface area (Å²) >= 11 is 0. The summed E-state index contributed by atoms with van der Waals surface area (Å²) in [4.78, 5) is 11.9. The highest BCUT2D eigenvalue weighted by Crippen LogP contribution is 2.46. The van der Waals surface area contributed by atoms with Gasteiger partial charge in [-0.2, -0.15) is 0 Å². The van der Waals surface area contributed by atoms with Crippen LogP contribution in [0.15, 0.2) is 24.3 Å². The van der Waals surface area contributed by atoms with E-state index in [0.29, 0.717) is 5.57 Å². The van der Waals surface area contributed by atoms with Gasteiger partial charge in [-0.15, -0.1) is 0 Å². The van der Waals surface area contributed by atoms with Crippen molar-refractivity contribution in [3.63, 3.8) is 0 Å². The second-order valence-corrected chi connectivity index (χ2v) is 6.34. The summed E-state index contributed by atoms with van der Waals surface area (Å²) in [5.41, 5.74) is 1.11. The Morgan fingerprint density at radius 1 is 1.10 bits per heavy atom. The van der Waals surface area contributed by atoms with Crippen molar-refractivity contribution in [3.05, 3.63) is 24.3 Å². The highest BCUT2D eigenvalue weighted by atomic mass is 16.6. The summed E-state index contributed by atoms with van der Waals surface area (Å²) in [6, 6.07) is 0. The molecule has 0 aromatic carbocycles. The van der Waals surface area contributed by atoms with Crippen LogP contribution in [-0.2, 0) is 9.53 Å². The number of ether oxygens (including phenoxy) is 1. The van der Waals surface area contributed by atoms with Crippen molar-refractivity contribution in [1.29, 1.82) is 0 Å². The molecule has 0 bridgehead atoms. The van der Waals surface area contributed by atoms with Crippen LogP contribution in [0, 0.1) is 5.41 Å². The van der Waals surface area contributed by atoms with E-state index in [4.69, 9.17) is 4.74 Å². The number of rotatable bonds is 9. The van der Waals surface area contributed by atoms with Crippen LogP contribution in [0.2, 0.25) is 0 Å².